The minimum atomic E-state index is 0.132. The lowest BCUT2D eigenvalue weighted by Crippen LogP contribution is -2.02. The third-order valence-electron chi connectivity index (χ3n) is 3.10. The summed E-state index contributed by atoms with van der Waals surface area (Å²) in [5.74, 6) is 1.98. The van der Waals surface area contributed by atoms with Gasteiger partial charge in [0.2, 0.25) is 18.6 Å². The first-order valence-corrected chi connectivity index (χ1v) is 6.27. The summed E-state index contributed by atoms with van der Waals surface area (Å²) in [6.07, 6.45) is 1.60. The van der Waals surface area contributed by atoms with E-state index in [0.29, 0.717) is 29.3 Å². The van der Waals surface area contributed by atoms with Crippen LogP contribution in [0.15, 0.2) is 24.4 Å². The zero-order chi connectivity index (χ0) is 14.2. The highest BCUT2D eigenvalue weighted by atomic mass is 16.7. The van der Waals surface area contributed by atoms with Crippen molar-refractivity contribution in [2.45, 2.75) is 6.61 Å². The summed E-state index contributed by atoms with van der Waals surface area (Å²) < 4.78 is 16.3. The summed E-state index contributed by atoms with van der Waals surface area (Å²) in [5.41, 5.74) is 7.12. The fourth-order valence-corrected chi connectivity index (χ4v) is 2.12. The lowest BCUT2D eigenvalue weighted by atomic mass is 10.2. The van der Waals surface area contributed by atoms with Gasteiger partial charge in [-0.25, -0.2) is 0 Å². The highest BCUT2D eigenvalue weighted by molar-refractivity contribution is 5.80. The molecule has 3 aromatic rings. The van der Waals surface area contributed by atoms with Crippen LogP contribution in [0.1, 0.15) is 5.56 Å². The highest BCUT2D eigenvalue weighted by Gasteiger charge is 2.14. The average Bonchev–Trinajstić information content (AvgIpc) is 3.12. The van der Waals surface area contributed by atoms with Crippen molar-refractivity contribution in [3.05, 3.63) is 30.0 Å². The summed E-state index contributed by atoms with van der Waals surface area (Å²) in [7, 11) is 0. The third kappa shape index (κ3) is 2.06. The molecule has 0 unspecified atom stereocenters. The molecule has 21 heavy (non-hydrogen) atoms. The lowest BCUT2D eigenvalue weighted by molar-refractivity contribution is 0.174. The molecule has 1 aliphatic rings. The number of H-pyrrole nitrogens is 1. The number of nitrogen functional groups attached to an aromatic ring is 1. The number of rotatable bonds is 3. The molecule has 0 fully saturated rings. The molecule has 3 N–H and O–H groups in total. The van der Waals surface area contributed by atoms with Crippen molar-refractivity contribution in [3.8, 4) is 17.4 Å². The molecule has 0 radical (unpaired) electrons. The fraction of sp³-hybridized carbons (Fsp3) is 0.154. The minimum Gasteiger partial charge on any atom is -0.472 e. The van der Waals surface area contributed by atoms with Crippen LogP contribution < -0.4 is 19.9 Å². The van der Waals surface area contributed by atoms with Crippen molar-refractivity contribution in [1.82, 2.24) is 20.2 Å². The van der Waals surface area contributed by atoms with Gasteiger partial charge in [-0.3, -0.25) is 5.10 Å². The summed E-state index contributed by atoms with van der Waals surface area (Å²) in [5, 5.41) is 7.33. The SMILES string of the molecule is Nc1nc(OCc2ccc3c(c2)OCO3)c2cn[nH]c2n1. The van der Waals surface area contributed by atoms with Gasteiger partial charge in [0.15, 0.2) is 17.1 Å². The Bertz CT molecular complexity index is 817. The van der Waals surface area contributed by atoms with Crippen LogP contribution in [0.3, 0.4) is 0 Å². The third-order valence-corrected chi connectivity index (χ3v) is 3.10. The van der Waals surface area contributed by atoms with E-state index in [9.17, 15) is 0 Å². The number of ether oxygens (including phenoxy) is 3. The quantitative estimate of drug-likeness (QED) is 0.745. The summed E-state index contributed by atoms with van der Waals surface area (Å²) in [6.45, 7) is 0.575. The molecule has 0 amide bonds. The van der Waals surface area contributed by atoms with Gasteiger partial charge in [0.1, 0.15) is 12.0 Å². The Morgan fingerprint density at radius 3 is 3.10 bits per heavy atom. The van der Waals surface area contributed by atoms with Gasteiger partial charge >= 0.3 is 0 Å². The molecule has 106 valence electrons. The van der Waals surface area contributed by atoms with E-state index in [2.05, 4.69) is 20.2 Å². The van der Waals surface area contributed by atoms with Gasteiger partial charge < -0.3 is 19.9 Å². The van der Waals surface area contributed by atoms with Crippen LogP contribution >= 0.6 is 0 Å². The van der Waals surface area contributed by atoms with Gasteiger partial charge in [-0.2, -0.15) is 15.1 Å². The van der Waals surface area contributed by atoms with Crippen molar-refractivity contribution in [3.63, 3.8) is 0 Å². The Morgan fingerprint density at radius 2 is 2.14 bits per heavy atom. The Balaban J connectivity index is 1.59. The zero-order valence-corrected chi connectivity index (χ0v) is 10.9. The number of nitrogens with one attached hydrogen (secondary N) is 1. The van der Waals surface area contributed by atoms with Crippen LogP contribution in [0.2, 0.25) is 0 Å². The van der Waals surface area contributed by atoms with Crippen molar-refractivity contribution in [1.29, 1.82) is 0 Å². The topological polar surface area (TPSA) is 108 Å². The second kappa shape index (κ2) is 4.51. The van der Waals surface area contributed by atoms with E-state index in [1.807, 2.05) is 18.2 Å². The maximum atomic E-state index is 5.72. The fourth-order valence-electron chi connectivity index (χ4n) is 2.12. The van der Waals surface area contributed by atoms with E-state index in [0.717, 1.165) is 11.3 Å². The summed E-state index contributed by atoms with van der Waals surface area (Å²) in [6, 6.07) is 5.63. The highest BCUT2D eigenvalue weighted by Crippen LogP contribution is 2.33. The van der Waals surface area contributed by atoms with E-state index in [1.165, 1.54) is 0 Å². The molecule has 1 aliphatic heterocycles. The number of nitrogens with zero attached hydrogens (tertiary/aromatic N) is 3. The Labute approximate surface area is 118 Å². The Morgan fingerprint density at radius 1 is 1.24 bits per heavy atom. The molecule has 0 saturated heterocycles. The average molecular weight is 285 g/mol. The molecule has 3 heterocycles. The molecule has 2 aromatic heterocycles. The summed E-state index contributed by atoms with van der Waals surface area (Å²) in [4.78, 5) is 8.12. The minimum absolute atomic E-state index is 0.132. The predicted octanol–water partition coefficient (Wildman–Crippen LogP) is 1.24. The largest absolute Gasteiger partial charge is 0.472 e. The number of aromatic nitrogens is 4. The van der Waals surface area contributed by atoms with Gasteiger partial charge in [0.25, 0.3) is 0 Å². The zero-order valence-electron chi connectivity index (χ0n) is 10.9. The molecule has 0 aliphatic carbocycles. The van der Waals surface area contributed by atoms with Crippen LogP contribution in [0.5, 0.6) is 17.4 Å². The van der Waals surface area contributed by atoms with Crippen LogP contribution in [-0.2, 0) is 6.61 Å². The number of hydrogen-bond acceptors (Lipinski definition) is 7. The smallest absolute Gasteiger partial charge is 0.231 e. The maximum Gasteiger partial charge on any atom is 0.231 e. The van der Waals surface area contributed by atoms with E-state index in [-0.39, 0.29) is 12.7 Å². The molecule has 0 saturated carbocycles. The van der Waals surface area contributed by atoms with Gasteiger partial charge in [0, 0.05) is 0 Å². The van der Waals surface area contributed by atoms with Crippen LogP contribution in [0, 0.1) is 0 Å². The van der Waals surface area contributed by atoms with Gasteiger partial charge in [0.05, 0.1) is 6.20 Å². The number of nitrogens with two attached hydrogens (primary N) is 1. The molecule has 4 rings (SSSR count). The normalized spacial score (nSPS) is 12.8. The van der Waals surface area contributed by atoms with E-state index >= 15 is 0 Å². The first kappa shape index (κ1) is 11.8. The number of hydrogen-bond donors (Lipinski definition) is 2. The van der Waals surface area contributed by atoms with Crippen LogP contribution in [0.25, 0.3) is 11.0 Å². The second-order valence-corrected chi connectivity index (χ2v) is 4.50. The van der Waals surface area contributed by atoms with Gasteiger partial charge in [-0.15, -0.1) is 0 Å². The molecule has 0 bridgehead atoms. The lowest BCUT2D eigenvalue weighted by Gasteiger charge is -2.07. The predicted molar refractivity (Wildman–Crippen MR) is 73.0 cm³/mol. The molecule has 1 aromatic carbocycles. The molecular weight excluding hydrogens is 274 g/mol. The Hall–Kier alpha value is -3.03. The molecule has 0 atom stereocenters. The Kier molecular flexibility index (Phi) is 2.53. The molecule has 0 spiro atoms. The molecular formula is C13H11N5O3. The van der Waals surface area contributed by atoms with Gasteiger partial charge in [-0.05, 0) is 17.7 Å². The standard InChI is InChI=1S/C13H11N5O3/c14-13-16-11-8(4-15-18-11)12(17-13)19-5-7-1-2-9-10(3-7)21-6-20-9/h1-4H,5-6H2,(H3,14,15,16,17,18). The maximum absolute atomic E-state index is 5.72. The van der Waals surface area contributed by atoms with E-state index in [1.54, 1.807) is 6.20 Å². The number of aromatic amines is 1. The summed E-state index contributed by atoms with van der Waals surface area (Å²) >= 11 is 0. The van der Waals surface area contributed by atoms with Gasteiger partial charge in [-0.1, -0.05) is 6.07 Å². The van der Waals surface area contributed by atoms with Crippen LogP contribution in [0.4, 0.5) is 5.95 Å². The van der Waals surface area contributed by atoms with Crippen molar-refractivity contribution >= 4 is 17.0 Å². The molecule has 8 heteroatoms. The van der Waals surface area contributed by atoms with Crippen molar-refractivity contribution in [2.75, 3.05) is 12.5 Å². The molecule has 8 nitrogen and oxygen atoms in total. The number of anilines is 1. The first-order chi connectivity index (χ1) is 10.3. The van der Waals surface area contributed by atoms with E-state index in [4.69, 9.17) is 19.9 Å². The van der Waals surface area contributed by atoms with Crippen molar-refractivity contribution < 1.29 is 14.2 Å². The van der Waals surface area contributed by atoms with Crippen molar-refractivity contribution in [2.24, 2.45) is 0 Å². The number of benzene rings is 1. The number of fused-ring (bicyclic) bond motifs is 2. The first-order valence-electron chi connectivity index (χ1n) is 6.27. The monoisotopic (exact) mass is 285 g/mol. The van der Waals surface area contributed by atoms with E-state index < -0.39 is 0 Å². The second-order valence-electron chi connectivity index (χ2n) is 4.50. The van der Waals surface area contributed by atoms with Crippen LogP contribution in [-0.4, -0.2) is 27.0 Å².